The second-order valence-electron chi connectivity index (χ2n) is 2.88. The van der Waals surface area contributed by atoms with Crippen molar-refractivity contribution in [3.63, 3.8) is 0 Å². The van der Waals surface area contributed by atoms with E-state index in [1.54, 1.807) is 0 Å². The molecule has 1 heterocycles. The number of nitrogens with zero attached hydrogens (tertiary/aromatic N) is 1. The topological polar surface area (TPSA) is 52.0 Å². The highest BCUT2D eigenvalue weighted by Crippen LogP contribution is 2.40. The predicted molar refractivity (Wildman–Crippen MR) is 42.5 cm³/mol. The molecule has 11 heavy (non-hydrogen) atoms. The molecule has 1 saturated carbocycles. The summed E-state index contributed by atoms with van der Waals surface area (Å²) in [7, 11) is 0. The van der Waals surface area contributed by atoms with Gasteiger partial charge in [0.25, 0.3) is 0 Å². The van der Waals surface area contributed by atoms with Crippen LogP contribution in [-0.4, -0.2) is 5.16 Å². The summed E-state index contributed by atoms with van der Waals surface area (Å²) in [6.07, 6.45) is 3.55. The van der Waals surface area contributed by atoms with Gasteiger partial charge in [-0.15, -0.1) is 0 Å². The summed E-state index contributed by atoms with van der Waals surface area (Å²) in [6.45, 7) is 0. The van der Waals surface area contributed by atoms with Crippen molar-refractivity contribution < 1.29 is 4.52 Å². The monoisotopic (exact) mass is 172 g/mol. The lowest BCUT2D eigenvalue weighted by Crippen LogP contribution is -2.09. The molecular weight excluding hydrogens is 164 g/mol. The number of anilines is 1. The third-order valence-electron chi connectivity index (χ3n) is 2.19. The minimum Gasteiger partial charge on any atom is -0.393 e. The highest BCUT2D eigenvalue weighted by molar-refractivity contribution is 6.31. The zero-order valence-electron chi connectivity index (χ0n) is 6.01. The Kier molecular flexibility index (Phi) is 1.53. The summed E-state index contributed by atoms with van der Waals surface area (Å²) in [6, 6.07) is 0. The zero-order chi connectivity index (χ0) is 7.84. The van der Waals surface area contributed by atoms with E-state index in [4.69, 9.17) is 21.9 Å². The molecule has 0 aliphatic heterocycles. The SMILES string of the molecule is Nc1c(Cl)noc1C1CCC1. The summed E-state index contributed by atoms with van der Waals surface area (Å²) < 4.78 is 4.99. The molecule has 60 valence electrons. The summed E-state index contributed by atoms with van der Waals surface area (Å²) in [5.41, 5.74) is 6.15. The molecule has 1 aromatic heterocycles. The quantitative estimate of drug-likeness (QED) is 0.707. The minimum atomic E-state index is 0.298. The van der Waals surface area contributed by atoms with Crippen molar-refractivity contribution in [1.82, 2.24) is 5.16 Å². The Morgan fingerprint density at radius 3 is 2.64 bits per heavy atom. The standard InChI is InChI=1S/C7H9ClN2O/c8-7-5(9)6(11-10-7)4-2-1-3-4/h4H,1-3,9H2. The van der Waals surface area contributed by atoms with Crippen molar-refractivity contribution in [1.29, 1.82) is 0 Å². The maximum absolute atomic E-state index is 5.62. The average molecular weight is 173 g/mol. The van der Waals surface area contributed by atoms with Crippen LogP contribution >= 0.6 is 11.6 Å². The van der Waals surface area contributed by atoms with Crippen molar-refractivity contribution in [3.05, 3.63) is 10.9 Å². The maximum Gasteiger partial charge on any atom is 0.195 e. The fourth-order valence-electron chi connectivity index (χ4n) is 1.25. The van der Waals surface area contributed by atoms with Gasteiger partial charge in [-0.1, -0.05) is 23.2 Å². The van der Waals surface area contributed by atoms with E-state index in [0.717, 1.165) is 18.6 Å². The number of nitrogen functional groups attached to an aromatic ring is 1. The van der Waals surface area contributed by atoms with Crippen LogP contribution in [0.25, 0.3) is 0 Å². The molecule has 0 aromatic carbocycles. The summed E-state index contributed by atoms with van der Waals surface area (Å²) in [5.74, 6) is 1.25. The fraction of sp³-hybridized carbons (Fsp3) is 0.571. The first-order chi connectivity index (χ1) is 5.29. The molecule has 0 amide bonds. The van der Waals surface area contributed by atoms with Crippen LogP contribution < -0.4 is 5.73 Å². The van der Waals surface area contributed by atoms with Gasteiger partial charge < -0.3 is 10.3 Å². The van der Waals surface area contributed by atoms with E-state index < -0.39 is 0 Å². The molecule has 0 atom stereocenters. The summed E-state index contributed by atoms with van der Waals surface area (Å²) in [4.78, 5) is 0. The lowest BCUT2D eigenvalue weighted by Gasteiger charge is -2.22. The molecule has 0 bridgehead atoms. The van der Waals surface area contributed by atoms with Crippen LogP contribution in [0.3, 0.4) is 0 Å². The van der Waals surface area contributed by atoms with E-state index in [1.165, 1.54) is 6.42 Å². The first kappa shape index (κ1) is 6.98. The zero-order valence-corrected chi connectivity index (χ0v) is 6.77. The molecule has 1 aliphatic carbocycles. The minimum absolute atomic E-state index is 0.298. The van der Waals surface area contributed by atoms with Crippen LogP contribution in [0.5, 0.6) is 0 Å². The first-order valence-electron chi connectivity index (χ1n) is 3.69. The Labute approximate surface area is 69.5 Å². The smallest absolute Gasteiger partial charge is 0.195 e. The van der Waals surface area contributed by atoms with Crippen LogP contribution in [0.2, 0.25) is 5.15 Å². The molecule has 4 heteroatoms. The van der Waals surface area contributed by atoms with Gasteiger partial charge in [-0.2, -0.15) is 0 Å². The Morgan fingerprint density at radius 2 is 2.27 bits per heavy atom. The van der Waals surface area contributed by atoms with E-state index in [-0.39, 0.29) is 0 Å². The van der Waals surface area contributed by atoms with Crippen LogP contribution in [0, 0.1) is 0 Å². The third kappa shape index (κ3) is 0.997. The number of aromatic nitrogens is 1. The third-order valence-corrected chi connectivity index (χ3v) is 2.46. The maximum atomic E-state index is 5.62. The summed E-state index contributed by atoms with van der Waals surface area (Å²) in [5, 5.41) is 3.88. The van der Waals surface area contributed by atoms with Crippen LogP contribution in [0.1, 0.15) is 30.9 Å². The second kappa shape index (κ2) is 2.41. The van der Waals surface area contributed by atoms with E-state index >= 15 is 0 Å². The molecule has 1 aromatic rings. The molecule has 0 unspecified atom stereocenters. The van der Waals surface area contributed by atoms with Crippen molar-refractivity contribution in [2.45, 2.75) is 25.2 Å². The van der Waals surface area contributed by atoms with Gasteiger partial charge in [-0.25, -0.2) is 0 Å². The summed E-state index contributed by atoms with van der Waals surface area (Å²) >= 11 is 5.62. The highest BCUT2D eigenvalue weighted by atomic mass is 35.5. The van der Waals surface area contributed by atoms with Crippen LogP contribution in [0.4, 0.5) is 5.69 Å². The molecule has 1 aliphatic rings. The predicted octanol–water partition coefficient (Wildman–Crippen LogP) is 2.18. The molecule has 2 rings (SSSR count). The van der Waals surface area contributed by atoms with E-state index in [2.05, 4.69) is 5.16 Å². The Morgan fingerprint density at radius 1 is 1.55 bits per heavy atom. The Balaban J connectivity index is 2.29. The van der Waals surface area contributed by atoms with Gasteiger partial charge in [0, 0.05) is 5.92 Å². The van der Waals surface area contributed by atoms with Gasteiger partial charge in [0.15, 0.2) is 10.9 Å². The van der Waals surface area contributed by atoms with Crippen molar-refractivity contribution >= 4 is 17.3 Å². The second-order valence-corrected chi connectivity index (χ2v) is 3.24. The normalized spacial score (nSPS) is 18.3. The lowest BCUT2D eigenvalue weighted by molar-refractivity contribution is 0.301. The van der Waals surface area contributed by atoms with Gasteiger partial charge in [-0.05, 0) is 12.8 Å². The van der Waals surface area contributed by atoms with E-state index in [0.29, 0.717) is 16.8 Å². The number of hydrogen-bond donors (Lipinski definition) is 1. The number of rotatable bonds is 1. The molecule has 1 fully saturated rings. The van der Waals surface area contributed by atoms with Gasteiger partial charge >= 0.3 is 0 Å². The van der Waals surface area contributed by atoms with E-state index in [1.807, 2.05) is 0 Å². The Hall–Kier alpha value is -0.700. The molecule has 2 N–H and O–H groups in total. The van der Waals surface area contributed by atoms with Gasteiger partial charge in [0.2, 0.25) is 0 Å². The molecule has 0 spiro atoms. The average Bonchev–Trinajstić information content (AvgIpc) is 2.15. The molecule has 0 saturated heterocycles. The highest BCUT2D eigenvalue weighted by Gasteiger charge is 2.26. The molecular formula is C7H9ClN2O. The fourth-order valence-corrected chi connectivity index (χ4v) is 1.38. The lowest BCUT2D eigenvalue weighted by atomic mass is 9.83. The van der Waals surface area contributed by atoms with E-state index in [9.17, 15) is 0 Å². The molecule has 0 radical (unpaired) electrons. The Bertz CT molecular complexity index is 267. The van der Waals surface area contributed by atoms with Crippen molar-refractivity contribution in [2.24, 2.45) is 0 Å². The number of hydrogen-bond acceptors (Lipinski definition) is 3. The largest absolute Gasteiger partial charge is 0.393 e. The van der Waals surface area contributed by atoms with Crippen molar-refractivity contribution in [3.8, 4) is 0 Å². The van der Waals surface area contributed by atoms with Gasteiger partial charge in [0.05, 0.1) is 0 Å². The van der Waals surface area contributed by atoms with Crippen LogP contribution in [-0.2, 0) is 0 Å². The number of halogens is 1. The molecule has 3 nitrogen and oxygen atoms in total. The van der Waals surface area contributed by atoms with Gasteiger partial charge in [0.1, 0.15) is 5.69 Å². The van der Waals surface area contributed by atoms with Crippen LogP contribution in [0.15, 0.2) is 4.52 Å². The number of nitrogens with two attached hydrogens (primary N) is 1. The van der Waals surface area contributed by atoms with Crippen molar-refractivity contribution in [2.75, 3.05) is 5.73 Å². The van der Waals surface area contributed by atoms with Gasteiger partial charge in [-0.3, -0.25) is 0 Å². The first-order valence-corrected chi connectivity index (χ1v) is 4.07.